The zero-order chi connectivity index (χ0) is 20.1. The van der Waals surface area contributed by atoms with Gasteiger partial charge in [0.2, 0.25) is 5.91 Å². The Morgan fingerprint density at radius 1 is 1.14 bits per heavy atom. The van der Waals surface area contributed by atoms with E-state index in [1.54, 1.807) is 12.4 Å². The van der Waals surface area contributed by atoms with Gasteiger partial charge in [-0.2, -0.15) is 0 Å². The normalized spacial score (nSPS) is 12.6. The third-order valence-corrected chi connectivity index (χ3v) is 5.47. The number of ether oxygens (including phenoxy) is 2. The standard InChI is InChI=1S/C20H21N5O3S/c1-25-19(15-5-7-21-8-6-15)23-24-20(25)29-13-18(26)22-9-4-14-2-3-16-17(12-14)28-11-10-27-16/h2-3,5-8,12H,4,9-11,13H2,1H3,(H,22,26). The average Bonchev–Trinajstić information content (AvgIpc) is 3.13. The number of carbonyl (C=O) groups is 1. The SMILES string of the molecule is Cn1c(SCC(=O)NCCc2ccc3c(c2)OCCO3)nnc1-c1ccncc1. The Bertz CT molecular complexity index is 993. The molecule has 0 aliphatic carbocycles. The van der Waals surface area contributed by atoms with Crippen molar-refractivity contribution in [2.45, 2.75) is 11.6 Å². The molecular formula is C20H21N5O3S. The molecule has 1 aromatic carbocycles. The first-order chi connectivity index (χ1) is 14.2. The monoisotopic (exact) mass is 411 g/mol. The number of pyridine rings is 1. The molecule has 4 rings (SSSR count). The summed E-state index contributed by atoms with van der Waals surface area (Å²) >= 11 is 1.36. The van der Waals surface area contributed by atoms with Gasteiger partial charge >= 0.3 is 0 Å². The Kier molecular flexibility index (Phi) is 5.95. The number of benzene rings is 1. The van der Waals surface area contributed by atoms with Gasteiger partial charge < -0.3 is 19.4 Å². The quantitative estimate of drug-likeness (QED) is 0.595. The van der Waals surface area contributed by atoms with E-state index in [2.05, 4.69) is 20.5 Å². The number of amides is 1. The topological polar surface area (TPSA) is 91.2 Å². The van der Waals surface area contributed by atoms with Crippen LogP contribution < -0.4 is 14.8 Å². The molecule has 2 aromatic heterocycles. The number of rotatable bonds is 7. The van der Waals surface area contributed by atoms with Crippen LogP contribution in [-0.4, -0.2) is 51.2 Å². The lowest BCUT2D eigenvalue weighted by Gasteiger charge is -2.18. The van der Waals surface area contributed by atoms with Crippen LogP contribution in [-0.2, 0) is 18.3 Å². The second kappa shape index (κ2) is 8.95. The number of thioether (sulfide) groups is 1. The van der Waals surface area contributed by atoms with Crippen LogP contribution in [0.4, 0.5) is 0 Å². The highest BCUT2D eigenvalue weighted by Crippen LogP contribution is 2.30. The minimum absolute atomic E-state index is 0.0407. The van der Waals surface area contributed by atoms with Gasteiger partial charge in [0.15, 0.2) is 22.5 Å². The summed E-state index contributed by atoms with van der Waals surface area (Å²) in [4.78, 5) is 16.2. The fourth-order valence-electron chi connectivity index (χ4n) is 2.96. The molecule has 0 fully saturated rings. The first-order valence-corrected chi connectivity index (χ1v) is 10.3. The molecule has 0 bridgehead atoms. The summed E-state index contributed by atoms with van der Waals surface area (Å²) in [7, 11) is 1.89. The second-order valence-electron chi connectivity index (χ2n) is 6.47. The summed E-state index contributed by atoms with van der Waals surface area (Å²) < 4.78 is 13.0. The zero-order valence-corrected chi connectivity index (χ0v) is 16.8. The van der Waals surface area contributed by atoms with Gasteiger partial charge in [0.25, 0.3) is 0 Å². The van der Waals surface area contributed by atoms with Crippen molar-refractivity contribution in [3.05, 3.63) is 48.3 Å². The number of nitrogens with one attached hydrogen (secondary N) is 1. The Balaban J connectivity index is 1.25. The fraction of sp³-hybridized carbons (Fsp3) is 0.300. The highest BCUT2D eigenvalue weighted by molar-refractivity contribution is 7.99. The number of carbonyl (C=O) groups excluding carboxylic acids is 1. The van der Waals surface area contributed by atoms with Crippen molar-refractivity contribution < 1.29 is 14.3 Å². The van der Waals surface area contributed by atoms with Crippen molar-refractivity contribution >= 4 is 17.7 Å². The molecule has 1 aliphatic rings. The van der Waals surface area contributed by atoms with E-state index in [0.29, 0.717) is 24.9 Å². The maximum absolute atomic E-state index is 12.2. The van der Waals surface area contributed by atoms with Crippen molar-refractivity contribution in [2.75, 3.05) is 25.5 Å². The lowest BCUT2D eigenvalue weighted by atomic mass is 10.1. The Morgan fingerprint density at radius 2 is 1.93 bits per heavy atom. The van der Waals surface area contributed by atoms with Gasteiger partial charge in [-0.25, -0.2) is 0 Å². The maximum Gasteiger partial charge on any atom is 0.230 e. The third-order valence-electron chi connectivity index (χ3n) is 4.45. The van der Waals surface area contributed by atoms with E-state index in [1.165, 1.54) is 11.8 Å². The van der Waals surface area contributed by atoms with E-state index in [9.17, 15) is 4.79 Å². The molecule has 0 spiro atoms. The summed E-state index contributed by atoms with van der Waals surface area (Å²) in [5, 5.41) is 12.0. The van der Waals surface area contributed by atoms with Gasteiger partial charge in [0.05, 0.1) is 5.75 Å². The largest absolute Gasteiger partial charge is 0.486 e. The van der Waals surface area contributed by atoms with Crippen molar-refractivity contribution in [3.63, 3.8) is 0 Å². The van der Waals surface area contributed by atoms with Crippen LogP contribution in [0, 0.1) is 0 Å². The van der Waals surface area contributed by atoms with E-state index in [-0.39, 0.29) is 11.7 Å². The molecule has 8 nitrogen and oxygen atoms in total. The fourth-order valence-corrected chi connectivity index (χ4v) is 3.70. The summed E-state index contributed by atoms with van der Waals surface area (Å²) in [5.41, 5.74) is 2.03. The van der Waals surface area contributed by atoms with Crippen LogP contribution in [0.25, 0.3) is 11.4 Å². The molecule has 0 unspecified atom stereocenters. The summed E-state index contributed by atoms with van der Waals surface area (Å²) in [6, 6.07) is 9.63. The van der Waals surface area contributed by atoms with Crippen molar-refractivity contribution in [1.29, 1.82) is 0 Å². The lowest BCUT2D eigenvalue weighted by molar-refractivity contribution is -0.118. The molecule has 3 aromatic rings. The number of hydrogen-bond acceptors (Lipinski definition) is 7. The van der Waals surface area contributed by atoms with Gasteiger partial charge in [0.1, 0.15) is 13.2 Å². The molecule has 150 valence electrons. The number of hydrogen-bond donors (Lipinski definition) is 1. The summed E-state index contributed by atoms with van der Waals surface area (Å²) in [6.45, 7) is 1.70. The van der Waals surface area contributed by atoms with E-state index in [4.69, 9.17) is 9.47 Å². The van der Waals surface area contributed by atoms with Crippen LogP contribution in [0.2, 0.25) is 0 Å². The zero-order valence-electron chi connectivity index (χ0n) is 16.0. The highest BCUT2D eigenvalue weighted by atomic mass is 32.2. The molecule has 0 atom stereocenters. The second-order valence-corrected chi connectivity index (χ2v) is 7.41. The van der Waals surface area contributed by atoms with Crippen LogP contribution in [0.15, 0.2) is 47.9 Å². The predicted molar refractivity (Wildman–Crippen MR) is 109 cm³/mol. The number of nitrogens with zero attached hydrogens (tertiary/aromatic N) is 4. The van der Waals surface area contributed by atoms with Crippen LogP contribution >= 0.6 is 11.8 Å². The minimum atomic E-state index is -0.0407. The van der Waals surface area contributed by atoms with Crippen molar-refractivity contribution in [2.24, 2.45) is 7.05 Å². The Labute approximate surface area is 172 Å². The first kappa shape index (κ1) is 19.3. The molecule has 3 heterocycles. The smallest absolute Gasteiger partial charge is 0.230 e. The van der Waals surface area contributed by atoms with Crippen LogP contribution in [0.3, 0.4) is 0 Å². The molecule has 29 heavy (non-hydrogen) atoms. The van der Waals surface area contributed by atoms with E-state index < -0.39 is 0 Å². The van der Waals surface area contributed by atoms with E-state index >= 15 is 0 Å². The summed E-state index contributed by atoms with van der Waals surface area (Å²) in [5.74, 6) is 2.52. The summed E-state index contributed by atoms with van der Waals surface area (Å²) in [6.07, 6.45) is 4.15. The number of aromatic nitrogens is 4. The van der Waals surface area contributed by atoms with Crippen LogP contribution in [0.5, 0.6) is 11.5 Å². The molecule has 1 amide bonds. The van der Waals surface area contributed by atoms with E-state index in [0.717, 1.165) is 34.9 Å². The van der Waals surface area contributed by atoms with Crippen LogP contribution in [0.1, 0.15) is 5.56 Å². The third kappa shape index (κ3) is 4.68. The minimum Gasteiger partial charge on any atom is -0.486 e. The van der Waals surface area contributed by atoms with Crippen molar-refractivity contribution in [1.82, 2.24) is 25.1 Å². The molecule has 1 aliphatic heterocycles. The lowest BCUT2D eigenvalue weighted by Crippen LogP contribution is -2.27. The molecule has 1 N–H and O–H groups in total. The maximum atomic E-state index is 12.2. The predicted octanol–water partition coefficient (Wildman–Crippen LogP) is 2.10. The van der Waals surface area contributed by atoms with Gasteiger partial charge in [-0.05, 0) is 36.2 Å². The molecule has 0 saturated carbocycles. The molecular weight excluding hydrogens is 390 g/mol. The van der Waals surface area contributed by atoms with Gasteiger partial charge in [-0.15, -0.1) is 10.2 Å². The average molecular weight is 411 g/mol. The highest BCUT2D eigenvalue weighted by Gasteiger charge is 2.14. The van der Waals surface area contributed by atoms with Crippen molar-refractivity contribution in [3.8, 4) is 22.9 Å². The number of fused-ring (bicyclic) bond motifs is 1. The Morgan fingerprint density at radius 3 is 2.76 bits per heavy atom. The molecule has 9 heteroatoms. The molecule has 0 saturated heterocycles. The van der Waals surface area contributed by atoms with E-state index in [1.807, 2.05) is 41.9 Å². The van der Waals surface area contributed by atoms with Gasteiger partial charge in [0, 0.05) is 31.5 Å². The molecule has 0 radical (unpaired) electrons. The first-order valence-electron chi connectivity index (χ1n) is 9.28. The Hall–Kier alpha value is -3.07. The van der Waals surface area contributed by atoms with Gasteiger partial charge in [-0.3, -0.25) is 9.78 Å². The van der Waals surface area contributed by atoms with Gasteiger partial charge in [-0.1, -0.05) is 17.8 Å².